The number of halogens is 1. The fourth-order valence-electron chi connectivity index (χ4n) is 2.54. The summed E-state index contributed by atoms with van der Waals surface area (Å²) in [7, 11) is 0. The highest BCUT2D eigenvalue weighted by molar-refractivity contribution is 8.00. The normalized spacial score (nSPS) is 11.9. The number of carbonyl (C=O) groups excluding carboxylic acids is 1. The van der Waals surface area contributed by atoms with E-state index in [1.54, 1.807) is 23.6 Å². The van der Waals surface area contributed by atoms with Gasteiger partial charge in [-0.15, -0.1) is 11.8 Å². The zero-order chi connectivity index (χ0) is 18.4. The minimum atomic E-state index is -0.234. The Morgan fingerprint density at radius 1 is 1.19 bits per heavy atom. The number of nitrogens with zero attached hydrogens (tertiary/aromatic N) is 2. The molecule has 0 N–H and O–H groups in total. The van der Waals surface area contributed by atoms with Crippen molar-refractivity contribution in [3.8, 4) is 0 Å². The molecule has 134 valence electrons. The molecule has 0 fully saturated rings. The van der Waals surface area contributed by atoms with E-state index >= 15 is 0 Å². The van der Waals surface area contributed by atoms with Crippen molar-refractivity contribution < 1.29 is 9.21 Å². The van der Waals surface area contributed by atoms with Gasteiger partial charge in [0.2, 0.25) is 5.91 Å². The van der Waals surface area contributed by atoms with Crippen molar-refractivity contribution in [2.45, 2.75) is 30.2 Å². The van der Waals surface area contributed by atoms with Gasteiger partial charge in [-0.25, -0.2) is 0 Å². The van der Waals surface area contributed by atoms with Crippen LogP contribution in [-0.2, 0) is 17.9 Å². The van der Waals surface area contributed by atoms with Crippen LogP contribution < -0.4 is 0 Å². The smallest absolute Gasteiger partial charge is 0.236 e. The second-order valence-corrected chi connectivity index (χ2v) is 7.70. The molecule has 4 nitrogen and oxygen atoms in total. The summed E-state index contributed by atoms with van der Waals surface area (Å²) in [5.74, 6) is 0.802. The van der Waals surface area contributed by atoms with Crippen LogP contribution in [0.2, 0.25) is 5.02 Å². The molecule has 1 amide bonds. The first kappa shape index (κ1) is 18.5. The van der Waals surface area contributed by atoms with Crippen LogP contribution in [0.1, 0.15) is 18.2 Å². The number of benzene rings is 1. The van der Waals surface area contributed by atoms with Gasteiger partial charge in [-0.2, -0.15) is 0 Å². The number of pyridine rings is 1. The summed E-state index contributed by atoms with van der Waals surface area (Å²) in [5.41, 5.74) is 0.982. The number of furan rings is 1. The van der Waals surface area contributed by atoms with Crippen molar-refractivity contribution >= 4 is 29.3 Å². The summed E-state index contributed by atoms with van der Waals surface area (Å²) in [4.78, 5) is 20.0. The lowest BCUT2D eigenvalue weighted by Crippen LogP contribution is -2.35. The highest BCUT2D eigenvalue weighted by atomic mass is 35.5. The van der Waals surface area contributed by atoms with Crippen LogP contribution in [0, 0.1) is 0 Å². The third kappa shape index (κ3) is 5.13. The highest BCUT2D eigenvalue weighted by Crippen LogP contribution is 2.26. The Labute approximate surface area is 162 Å². The predicted octanol–water partition coefficient (Wildman–Crippen LogP) is 5.04. The molecule has 0 saturated heterocycles. The predicted molar refractivity (Wildman–Crippen MR) is 104 cm³/mol. The van der Waals surface area contributed by atoms with Crippen molar-refractivity contribution in [3.63, 3.8) is 0 Å². The van der Waals surface area contributed by atoms with E-state index in [1.807, 2.05) is 55.5 Å². The minimum absolute atomic E-state index is 0.0465. The molecule has 3 aromatic rings. The van der Waals surface area contributed by atoms with Crippen LogP contribution >= 0.6 is 23.4 Å². The van der Waals surface area contributed by atoms with E-state index in [0.29, 0.717) is 18.1 Å². The molecule has 0 bridgehead atoms. The number of amides is 1. The summed E-state index contributed by atoms with van der Waals surface area (Å²) in [6.45, 7) is 2.82. The fraction of sp³-hybridized carbons (Fsp3) is 0.200. The van der Waals surface area contributed by atoms with Gasteiger partial charge in [-0.1, -0.05) is 17.7 Å². The maximum absolute atomic E-state index is 13.1. The molecule has 2 aromatic heterocycles. The Kier molecular flexibility index (Phi) is 6.36. The van der Waals surface area contributed by atoms with E-state index in [1.165, 1.54) is 11.8 Å². The average Bonchev–Trinajstić information content (AvgIpc) is 3.16. The van der Waals surface area contributed by atoms with E-state index in [2.05, 4.69) is 4.98 Å². The second kappa shape index (κ2) is 8.92. The van der Waals surface area contributed by atoms with Crippen molar-refractivity contribution in [1.29, 1.82) is 0 Å². The van der Waals surface area contributed by atoms with Crippen molar-refractivity contribution in [3.05, 3.63) is 83.5 Å². The number of aromatic nitrogens is 1. The zero-order valence-corrected chi connectivity index (χ0v) is 15.9. The maximum Gasteiger partial charge on any atom is 0.236 e. The molecule has 0 spiro atoms. The van der Waals surface area contributed by atoms with Gasteiger partial charge in [0.1, 0.15) is 5.76 Å². The Balaban J connectivity index is 1.73. The lowest BCUT2D eigenvalue weighted by Gasteiger charge is -2.25. The third-order valence-electron chi connectivity index (χ3n) is 3.81. The number of carbonyl (C=O) groups is 1. The summed E-state index contributed by atoms with van der Waals surface area (Å²) < 4.78 is 5.43. The standard InChI is InChI=1S/C20H19ClN2O2S/c1-15(26-19-8-6-17(21)7-9-19)20(24)23(14-18-5-3-11-25-18)13-16-4-2-10-22-12-16/h2-12,15H,13-14H2,1H3/t15-/m1/s1. The van der Waals surface area contributed by atoms with Crippen LogP contribution in [0.3, 0.4) is 0 Å². The second-order valence-electron chi connectivity index (χ2n) is 5.85. The van der Waals surface area contributed by atoms with E-state index in [-0.39, 0.29) is 11.2 Å². The van der Waals surface area contributed by atoms with E-state index in [4.69, 9.17) is 16.0 Å². The first-order chi connectivity index (χ1) is 12.6. The minimum Gasteiger partial charge on any atom is -0.467 e. The molecular formula is C20H19ClN2O2S. The molecule has 0 aliphatic rings. The van der Waals surface area contributed by atoms with E-state index in [0.717, 1.165) is 16.2 Å². The molecule has 6 heteroatoms. The average molecular weight is 387 g/mol. The highest BCUT2D eigenvalue weighted by Gasteiger charge is 2.23. The summed E-state index contributed by atoms with van der Waals surface area (Å²) in [6, 6.07) is 15.1. The maximum atomic E-state index is 13.1. The molecule has 0 aliphatic carbocycles. The zero-order valence-electron chi connectivity index (χ0n) is 14.3. The number of thioether (sulfide) groups is 1. The van der Waals surface area contributed by atoms with Crippen LogP contribution in [0.4, 0.5) is 0 Å². The molecule has 0 saturated carbocycles. The van der Waals surface area contributed by atoms with Gasteiger partial charge in [-0.3, -0.25) is 9.78 Å². The van der Waals surface area contributed by atoms with E-state index < -0.39 is 0 Å². The Bertz CT molecular complexity index is 823. The summed E-state index contributed by atoms with van der Waals surface area (Å²) in [5, 5.41) is 0.451. The Morgan fingerprint density at radius 2 is 2.00 bits per heavy atom. The lowest BCUT2D eigenvalue weighted by atomic mass is 10.2. The first-order valence-corrected chi connectivity index (χ1v) is 9.50. The molecule has 0 radical (unpaired) electrons. The van der Waals surface area contributed by atoms with Gasteiger partial charge in [0.05, 0.1) is 18.1 Å². The third-order valence-corrected chi connectivity index (χ3v) is 5.16. The molecule has 2 heterocycles. The van der Waals surface area contributed by atoms with Crippen LogP contribution in [-0.4, -0.2) is 21.0 Å². The monoisotopic (exact) mass is 386 g/mol. The van der Waals surface area contributed by atoms with E-state index in [9.17, 15) is 4.79 Å². The van der Waals surface area contributed by atoms with Crippen LogP contribution in [0.25, 0.3) is 0 Å². The Hall–Kier alpha value is -2.24. The quantitative estimate of drug-likeness (QED) is 0.534. The summed E-state index contributed by atoms with van der Waals surface area (Å²) >= 11 is 7.45. The van der Waals surface area contributed by atoms with Gasteiger partial charge in [0.25, 0.3) is 0 Å². The SMILES string of the molecule is C[C@@H](Sc1ccc(Cl)cc1)C(=O)N(Cc1cccnc1)Cc1ccco1. The Morgan fingerprint density at radius 3 is 2.65 bits per heavy atom. The molecule has 3 rings (SSSR count). The molecule has 26 heavy (non-hydrogen) atoms. The largest absolute Gasteiger partial charge is 0.467 e. The fourth-order valence-corrected chi connectivity index (χ4v) is 3.62. The molecular weight excluding hydrogens is 368 g/mol. The molecule has 1 aromatic carbocycles. The molecule has 0 unspecified atom stereocenters. The molecule has 0 aliphatic heterocycles. The lowest BCUT2D eigenvalue weighted by molar-refractivity contribution is -0.131. The van der Waals surface area contributed by atoms with Gasteiger partial charge < -0.3 is 9.32 Å². The van der Waals surface area contributed by atoms with Gasteiger partial charge in [0, 0.05) is 28.9 Å². The van der Waals surface area contributed by atoms with Crippen LogP contribution in [0.5, 0.6) is 0 Å². The van der Waals surface area contributed by atoms with Gasteiger partial charge in [0.15, 0.2) is 0 Å². The molecule has 1 atom stereocenters. The van der Waals surface area contributed by atoms with Crippen molar-refractivity contribution in [2.24, 2.45) is 0 Å². The first-order valence-electron chi connectivity index (χ1n) is 8.24. The van der Waals surface area contributed by atoms with Gasteiger partial charge >= 0.3 is 0 Å². The van der Waals surface area contributed by atoms with Crippen molar-refractivity contribution in [2.75, 3.05) is 0 Å². The van der Waals surface area contributed by atoms with Crippen molar-refractivity contribution in [1.82, 2.24) is 9.88 Å². The topological polar surface area (TPSA) is 46.3 Å². The number of rotatable bonds is 7. The summed E-state index contributed by atoms with van der Waals surface area (Å²) in [6.07, 6.45) is 5.12. The van der Waals surface area contributed by atoms with Gasteiger partial charge in [-0.05, 0) is 55.0 Å². The number of hydrogen-bond donors (Lipinski definition) is 0. The van der Waals surface area contributed by atoms with Crippen LogP contribution in [0.15, 0.2) is 76.5 Å². The number of hydrogen-bond acceptors (Lipinski definition) is 4.